The molecule has 0 spiro atoms. The molecule has 4 nitrogen and oxygen atoms in total. The van der Waals surface area contributed by atoms with Crippen molar-refractivity contribution in [3.05, 3.63) is 17.8 Å². The maximum atomic E-state index is 8.60. The van der Waals surface area contributed by atoms with Crippen molar-refractivity contribution >= 4 is 5.82 Å². The third kappa shape index (κ3) is 2.96. The van der Waals surface area contributed by atoms with Crippen LogP contribution in [0.25, 0.3) is 0 Å². The van der Waals surface area contributed by atoms with Crippen LogP contribution in [-0.4, -0.2) is 28.5 Å². The molecule has 1 aromatic rings. The van der Waals surface area contributed by atoms with Crippen molar-refractivity contribution in [3.8, 4) is 0 Å². The molecule has 0 amide bonds. The van der Waals surface area contributed by atoms with Crippen LogP contribution >= 0.6 is 0 Å². The van der Waals surface area contributed by atoms with Crippen LogP contribution in [0, 0.1) is 0 Å². The third-order valence-electron chi connectivity index (χ3n) is 1.85. The number of aliphatic hydroxyl groups is 1. The van der Waals surface area contributed by atoms with Crippen molar-refractivity contribution in [2.24, 2.45) is 0 Å². The van der Waals surface area contributed by atoms with Crippen LogP contribution in [0.3, 0.4) is 0 Å². The fourth-order valence-electron chi connectivity index (χ4n) is 1.01. The summed E-state index contributed by atoms with van der Waals surface area (Å²) in [5.41, 5.74) is 0.995. The highest BCUT2D eigenvalue weighted by Gasteiger charge is 2.15. The highest BCUT2D eigenvalue weighted by molar-refractivity contribution is 5.33. The number of hydrogen-bond acceptors (Lipinski definition) is 4. The lowest BCUT2D eigenvalue weighted by Crippen LogP contribution is -2.15. The molecule has 0 bridgehead atoms. The van der Waals surface area contributed by atoms with Crippen molar-refractivity contribution in [2.75, 3.05) is 18.5 Å². The van der Waals surface area contributed by atoms with Gasteiger partial charge in [-0.1, -0.05) is 20.8 Å². The largest absolute Gasteiger partial charge is 0.395 e. The summed E-state index contributed by atoms with van der Waals surface area (Å²) in [6.45, 7) is 6.89. The van der Waals surface area contributed by atoms with Gasteiger partial charge in [0.25, 0.3) is 0 Å². The number of aromatic nitrogens is 2. The summed E-state index contributed by atoms with van der Waals surface area (Å²) in [4.78, 5) is 0. The minimum Gasteiger partial charge on any atom is -0.395 e. The smallest absolute Gasteiger partial charge is 0.148 e. The Balaban J connectivity index is 2.69. The fourth-order valence-corrected chi connectivity index (χ4v) is 1.01. The van der Waals surface area contributed by atoms with Gasteiger partial charge in [0, 0.05) is 12.0 Å². The van der Waals surface area contributed by atoms with Crippen molar-refractivity contribution in [2.45, 2.75) is 26.2 Å². The second-order valence-corrected chi connectivity index (χ2v) is 4.20. The van der Waals surface area contributed by atoms with Gasteiger partial charge >= 0.3 is 0 Å². The van der Waals surface area contributed by atoms with E-state index in [9.17, 15) is 0 Å². The predicted molar refractivity (Wildman–Crippen MR) is 56.3 cm³/mol. The van der Waals surface area contributed by atoms with Gasteiger partial charge in [-0.15, -0.1) is 5.10 Å². The van der Waals surface area contributed by atoms with Gasteiger partial charge in [0.15, 0.2) is 0 Å². The summed E-state index contributed by atoms with van der Waals surface area (Å²) in [5.74, 6) is 0.701. The summed E-state index contributed by atoms with van der Waals surface area (Å²) < 4.78 is 0. The molecule has 0 aliphatic carbocycles. The SMILES string of the molecule is CC(C)(C)c1ccc(NCCO)nn1. The number of hydrogen-bond donors (Lipinski definition) is 2. The van der Waals surface area contributed by atoms with E-state index in [1.807, 2.05) is 12.1 Å². The Labute approximate surface area is 84.4 Å². The summed E-state index contributed by atoms with van der Waals surface area (Å²) in [6.07, 6.45) is 0. The van der Waals surface area contributed by atoms with Crippen molar-refractivity contribution < 1.29 is 5.11 Å². The van der Waals surface area contributed by atoms with Gasteiger partial charge in [-0.05, 0) is 12.1 Å². The number of nitrogens with one attached hydrogen (secondary N) is 1. The lowest BCUT2D eigenvalue weighted by atomic mass is 9.92. The molecule has 0 saturated carbocycles. The lowest BCUT2D eigenvalue weighted by molar-refractivity contribution is 0.311. The van der Waals surface area contributed by atoms with Crippen LogP contribution in [0.15, 0.2) is 12.1 Å². The van der Waals surface area contributed by atoms with E-state index in [4.69, 9.17) is 5.11 Å². The van der Waals surface area contributed by atoms with Gasteiger partial charge < -0.3 is 10.4 Å². The van der Waals surface area contributed by atoms with Crippen LogP contribution in [0.1, 0.15) is 26.5 Å². The number of rotatable bonds is 3. The van der Waals surface area contributed by atoms with E-state index in [1.165, 1.54) is 0 Å². The molecule has 0 fully saturated rings. The number of anilines is 1. The maximum absolute atomic E-state index is 8.60. The van der Waals surface area contributed by atoms with Crippen molar-refractivity contribution in [3.63, 3.8) is 0 Å². The first-order valence-corrected chi connectivity index (χ1v) is 4.73. The van der Waals surface area contributed by atoms with E-state index in [0.29, 0.717) is 12.4 Å². The third-order valence-corrected chi connectivity index (χ3v) is 1.85. The molecule has 0 aliphatic heterocycles. The van der Waals surface area contributed by atoms with Gasteiger partial charge in [0.1, 0.15) is 5.82 Å². The first-order chi connectivity index (χ1) is 6.54. The Morgan fingerprint density at radius 2 is 2.00 bits per heavy atom. The molecular formula is C10H17N3O. The van der Waals surface area contributed by atoms with E-state index >= 15 is 0 Å². The van der Waals surface area contributed by atoms with Crippen molar-refractivity contribution in [1.82, 2.24) is 10.2 Å². The molecule has 0 atom stereocenters. The van der Waals surface area contributed by atoms with Crippen LogP contribution in [0.5, 0.6) is 0 Å². The minimum atomic E-state index is 0.0303. The molecule has 0 aromatic carbocycles. The van der Waals surface area contributed by atoms with Crippen LogP contribution < -0.4 is 5.32 Å². The molecule has 1 rings (SSSR count). The topological polar surface area (TPSA) is 58.0 Å². The van der Waals surface area contributed by atoms with Gasteiger partial charge in [0.05, 0.1) is 12.3 Å². The monoisotopic (exact) mass is 195 g/mol. The zero-order chi connectivity index (χ0) is 10.6. The van der Waals surface area contributed by atoms with Crippen LogP contribution in [0.2, 0.25) is 0 Å². The Hall–Kier alpha value is -1.16. The second-order valence-electron chi connectivity index (χ2n) is 4.20. The summed E-state index contributed by atoms with van der Waals surface area (Å²) >= 11 is 0. The van der Waals surface area contributed by atoms with E-state index in [2.05, 4.69) is 36.3 Å². The first kappa shape index (κ1) is 10.9. The number of aliphatic hydroxyl groups excluding tert-OH is 1. The molecule has 4 heteroatoms. The average molecular weight is 195 g/mol. The average Bonchev–Trinajstić information content (AvgIpc) is 2.14. The normalized spacial score (nSPS) is 11.4. The Kier molecular flexibility index (Phi) is 3.41. The maximum Gasteiger partial charge on any atom is 0.148 e. The van der Waals surface area contributed by atoms with Gasteiger partial charge in [-0.25, -0.2) is 0 Å². The van der Waals surface area contributed by atoms with E-state index in [1.54, 1.807) is 0 Å². The molecule has 14 heavy (non-hydrogen) atoms. The van der Waals surface area contributed by atoms with Crippen LogP contribution in [0.4, 0.5) is 5.82 Å². The Bertz CT molecular complexity index is 276. The standard InChI is InChI=1S/C10H17N3O/c1-10(2,3)8-4-5-9(13-12-8)11-6-7-14/h4-5,14H,6-7H2,1-3H3,(H,11,13). The molecule has 0 unspecified atom stereocenters. The highest BCUT2D eigenvalue weighted by Crippen LogP contribution is 2.19. The summed E-state index contributed by atoms with van der Waals surface area (Å²) in [7, 11) is 0. The Morgan fingerprint density at radius 3 is 2.43 bits per heavy atom. The van der Waals surface area contributed by atoms with Crippen LogP contribution in [-0.2, 0) is 5.41 Å². The summed E-state index contributed by atoms with van der Waals surface area (Å²) in [6, 6.07) is 3.83. The van der Waals surface area contributed by atoms with Crippen molar-refractivity contribution in [1.29, 1.82) is 0 Å². The minimum absolute atomic E-state index is 0.0303. The fraction of sp³-hybridized carbons (Fsp3) is 0.600. The van der Waals surface area contributed by atoms with E-state index in [-0.39, 0.29) is 12.0 Å². The van der Waals surface area contributed by atoms with Gasteiger partial charge in [0.2, 0.25) is 0 Å². The molecule has 0 radical (unpaired) electrons. The Morgan fingerprint density at radius 1 is 1.29 bits per heavy atom. The molecule has 1 aromatic heterocycles. The van der Waals surface area contributed by atoms with Gasteiger partial charge in [-0.3, -0.25) is 0 Å². The van der Waals surface area contributed by atoms with E-state index < -0.39 is 0 Å². The number of nitrogens with zero attached hydrogens (tertiary/aromatic N) is 2. The molecule has 1 heterocycles. The van der Waals surface area contributed by atoms with Gasteiger partial charge in [-0.2, -0.15) is 5.10 Å². The molecule has 78 valence electrons. The lowest BCUT2D eigenvalue weighted by Gasteiger charge is -2.16. The second kappa shape index (κ2) is 4.37. The molecule has 0 aliphatic rings. The zero-order valence-electron chi connectivity index (χ0n) is 8.91. The highest BCUT2D eigenvalue weighted by atomic mass is 16.3. The predicted octanol–water partition coefficient (Wildman–Crippen LogP) is 1.18. The van der Waals surface area contributed by atoms with E-state index in [0.717, 1.165) is 5.69 Å². The molecular weight excluding hydrogens is 178 g/mol. The molecule has 2 N–H and O–H groups in total. The quantitative estimate of drug-likeness (QED) is 0.760. The molecule has 0 saturated heterocycles. The summed E-state index contributed by atoms with van der Waals surface area (Å²) in [5, 5.41) is 19.7. The first-order valence-electron chi connectivity index (χ1n) is 4.73. The zero-order valence-corrected chi connectivity index (χ0v) is 8.91.